The van der Waals surface area contributed by atoms with Crippen molar-refractivity contribution in [3.8, 4) is 11.8 Å². The highest BCUT2D eigenvalue weighted by molar-refractivity contribution is 5.93. The van der Waals surface area contributed by atoms with Gasteiger partial charge in [0.25, 0.3) is 11.5 Å². The SMILES string of the molecule is Cc1ccc(CNC(=O)c2ccc(C)n(-c3cccc(C#N)c3)c2=O)cc1. The second kappa shape index (κ2) is 7.71. The average Bonchev–Trinajstić information content (AvgIpc) is 2.67. The number of nitrogens with zero attached hydrogens (tertiary/aromatic N) is 2. The molecule has 3 aromatic rings. The lowest BCUT2D eigenvalue weighted by Crippen LogP contribution is -2.33. The molecule has 134 valence electrons. The van der Waals surface area contributed by atoms with Crippen LogP contribution in [0.5, 0.6) is 0 Å². The average molecular weight is 357 g/mol. The Balaban J connectivity index is 1.90. The zero-order valence-electron chi connectivity index (χ0n) is 15.2. The summed E-state index contributed by atoms with van der Waals surface area (Å²) in [5.41, 5.74) is 3.46. The minimum Gasteiger partial charge on any atom is -0.348 e. The molecule has 0 aliphatic rings. The second-order valence-corrected chi connectivity index (χ2v) is 6.36. The van der Waals surface area contributed by atoms with E-state index in [9.17, 15) is 9.59 Å². The third kappa shape index (κ3) is 3.96. The van der Waals surface area contributed by atoms with E-state index in [0.717, 1.165) is 11.1 Å². The van der Waals surface area contributed by atoms with Crippen molar-refractivity contribution < 1.29 is 4.79 Å². The van der Waals surface area contributed by atoms with E-state index in [2.05, 4.69) is 11.4 Å². The molecule has 1 N–H and O–H groups in total. The fourth-order valence-electron chi connectivity index (χ4n) is 2.82. The maximum Gasteiger partial charge on any atom is 0.268 e. The van der Waals surface area contributed by atoms with Gasteiger partial charge in [-0.25, -0.2) is 0 Å². The van der Waals surface area contributed by atoms with Gasteiger partial charge in [-0.1, -0.05) is 35.9 Å². The molecule has 0 aliphatic heterocycles. The number of nitrogens with one attached hydrogen (secondary N) is 1. The summed E-state index contributed by atoms with van der Waals surface area (Å²) >= 11 is 0. The fourth-order valence-corrected chi connectivity index (χ4v) is 2.82. The zero-order valence-corrected chi connectivity index (χ0v) is 15.2. The van der Waals surface area contributed by atoms with E-state index in [1.165, 1.54) is 10.6 Å². The lowest BCUT2D eigenvalue weighted by Gasteiger charge is -2.12. The minimum absolute atomic E-state index is 0.0649. The molecule has 1 heterocycles. The number of pyridine rings is 1. The Morgan fingerprint density at radius 2 is 1.81 bits per heavy atom. The van der Waals surface area contributed by atoms with Gasteiger partial charge in [-0.15, -0.1) is 0 Å². The molecule has 0 unspecified atom stereocenters. The summed E-state index contributed by atoms with van der Waals surface area (Å²) in [5, 5.41) is 11.9. The smallest absolute Gasteiger partial charge is 0.268 e. The van der Waals surface area contributed by atoms with Crippen LogP contribution in [0.15, 0.2) is 65.5 Å². The highest BCUT2D eigenvalue weighted by Crippen LogP contribution is 2.12. The van der Waals surface area contributed by atoms with Crippen molar-refractivity contribution in [1.29, 1.82) is 5.26 Å². The first-order chi connectivity index (χ1) is 13.0. The number of benzene rings is 2. The molecule has 27 heavy (non-hydrogen) atoms. The summed E-state index contributed by atoms with van der Waals surface area (Å²) < 4.78 is 1.45. The van der Waals surface area contributed by atoms with Crippen LogP contribution < -0.4 is 10.9 Å². The lowest BCUT2D eigenvalue weighted by molar-refractivity contribution is 0.0949. The molecule has 1 amide bonds. The molecule has 0 aliphatic carbocycles. The van der Waals surface area contributed by atoms with Crippen LogP contribution in [-0.4, -0.2) is 10.5 Å². The summed E-state index contributed by atoms with van der Waals surface area (Å²) in [5.74, 6) is -0.425. The van der Waals surface area contributed by atoms with Crippen LogP contribution in [0.2, 0.25) is 0 Å². The van der Waals surface area contributed by atoms with E-state index in [1.54, 1.807) is 37.3 Å². The minimum atomic E-state index is -0.425. The van der Waals surface area contributed by atoms with E-state index in [-0.39, 0.29) is 5.56 Å². The van der Waals surface area contributed by atoms with E-state index >= 15 is 0 Å². The van der Waals surface area contributed by atoms with Gasteiger partial charge in [0.05, 0.1) is 17.3 Å². The van der Waals surface area contributed by atoms with Gasteiger partial charge in [0, 0.05) is 12.2 Å². The van der Waals surface area contributed by atoms with E-state index in [1.807, 2.05) is 31.2 Å². The molecule has 5 heteroatoms. The summed E-state index contributed by atoms with van der Waals surface area (Å²) in [6.45, 7) is 4.13. The molecule has 3 rings (SSSR count). The first-order valence-electron chi connectivity index (χ1n) is 8.56. The third-order valence-corrected chi connectivity index (χ3v) is 4.33. The molecule has 2 aromatic carbocycles. The molecule has 0 saturated heterocycles. The second-order valence-electron chi connectivity index (χ2n) is 6.36. The summed E-state index contributed by atoms with van der Waals surface area (Å²) in [6, 6.07) is 19.9. The topological polar surface area (TPSA) is 74.9 Å². The molecule has 0 bridgehead atoms. The molecule has 0 atom stereocenters. The van der Waals surface area contributed by atoms with Crippen LogP contribution in [-0.2, 0) is 6.54 Å². The van der Waals surface area contributed by atoms with Crippen LogP contribution in [0.25, 0.3) is 5.69 Å². The predicted octanol–water partition coefficient (Wildman–Crippen LogP) is 3.26. The number of hydrogen-bond donors (Lipinski definition) is 1. The number of aryl methyl sites for hydroxylation is 2. The van der Waals surface area contributed by atoms with Crippen molar-refractivity contribution in [1.82, 2.24) is 9.88 Å². The van der Waals surface area contributed by atoms with Crippen molar-refractivity contribution in [3.63, 3.8) is 0 Å². The fraction of sp³-hybridized carbons (Fsp3) is 0.136. The van der Waals surface area contributed by atoms with Gasteiger partial charge in [0.2, 0.25) is 0 Å². The van der Waals surface area contributed by atoms with Crippen LogP contribution in [0.4, 0.5) is 0 Å². The predicted molar refractivity (Wildman–Crippen MR) is 104 cm³/mol. The van der Waals surface area contributed by atoms with Crippen LogP contribution >= 0.6 is 0 Å². The molecule has 0 spiro atoms. The van der Waals surface area contributed by atoms with Gasteiger partial charge >= 0.3 is 0 Å². The number of carbonyl (C=O) groups excluding carboxylic acids is 1. The van der Waals surface area contributed by atoms with Gasteiger partial charge in [-0.3, -0.25) is 14.2 Å². The van der Waals surface area contributed by atoms with Crippen LogP contribution in [0.1, 0.15) is 32.7 Å². The van der Waals surface area contributed by atoms with E-state index in [0.29, 0.717) is 23.5 Å². The van der Waals surface area contributed by atoms with E-state index in [4.69, 9.17) is 5.26 Å². The third-order valence-electron chi connectivity index (χ3n) is 4.33. The number of aromatic nitrogens is 1. The zero-order chi connectivity index (χ0) is 19.4. The van der Waals surface area contributed by atoms with Gasteiger partial charge < -0.3 is 5.32 Å². The first kappa shape index (κ1) is 18.2. The summed E-state index contributed by atoms with van der Waals surface area (Å²) in [4.78, 5) is 25.5. The van der Waals surface area contributed by atoms with Crippen molar-refractivity contribution in [3.05, 3.63) is 99.0 Å². The number of hydrogen-bond acceptors (Lipinski definition) is 3. The Kier molecular flexibility index (Phi) is 5.18. The molecule has 5 nitrogen and oxygen atoms in total. The highest BCUT2D eigenvalue weighted by atomic mass is 16.2. The lowest BCUT2D eigenvalue weighted by atomic mass is 10.1. The monoisotopic (exact) mass is 357 g/mol. The molecule has 0 fully saturated rings. The highest BCUT2D eigenvalue weighted by Gasteiger charge is 2.15. The van der Waals surface area contributed by atoms with Crippen molar-refractivity contribution >= 4 is 5.91 Å². The molecular formula is C22H19N3O2. The standard InChI is InChI=1S/C22H19N3O2/c1-15-6-9-17(10-7-15)14-24-21(26)20-11-8-16(2)25(22(20)27)19-5-3-4-18(12-19)13-23/h3-12H,14H2,1-2H3,(H,24,26). The van der Waals surface area contributed by atoms with Crippen LogP contribution in [0.3, 0.4) is 0 Å². The Morgan fingerprint density at radius 1 is 1.07 bits per heavy atom. The van der Waals surface area contributed by atoms with Gasteiger partial charge in [0.1, 0.15) is 5.56 Å². The van der Waals surface area contributed by atoms with E-state index < -0.39 is 11.5 Å². The maximum absolute atomic E-state index is 12.9. The Morgan fingerprint density at radius 3 is 2.52 bits per heavy atom. The van der Waals surface area contributed by atoms with Crippen molar-refractivity contribution in [2.24, 2.45) is 0 Å². The normalized spacial score (nSPS) is 10.3. The molecular weight excluding hydrogens is 338 g/mol. The van der Waals surface area contributed by atoms with Crippen molar-refractivity contribution in [2.45, 2.75) is 20.4 Å². The Labute approximate surface area is 157 Å². The maximum atomic E-state index is 12.9. The first-order valence-corrected chi connectivity index (χ1v) is 8.56. The summed E-state index contributed by atoms with van der Waals surface area (Å²) in [7, 11) is 0. The molecule has 0 radical (unpaired) electrons. The number of amides is 1. The number of rotatable bonds is 4. The van der Waals surface area contributed by atoms with Gasteiger partial charge in [-0.2, -0.15) is 5.26 Å². The largest absolute Gasteiger partial charge is 0.348 e. The van der Waals surface area contributed by atoms with Gasteiger partial charge in [0.15, 0.2) is 0 Å². The van der Waals surface area contributed by atoms with Crippen molar-refractivity contribution in [2.75, 3.05) is 0 Å². The Hall–Kier alpha value is -3.65. The molecule has 0 saturated carbocycles. The number of carbonyl (C=O) groups is 1. The van der Waals surface area contributed by atoms with Crippen LogP contribution in [0, 0.1) is 25.2 Å². The Bertz CT molecular complexity index is 1090. The van der Waals surface area contributed by atoms with Gasteiger partial charge in [-0.05, 0) is 49.7 Å². The number of nitriles is 1. The quantitative estimate of drug-likeness (QED) is 0.779. The molecule has 1 aromatic heterocycles. The summed E-state index contributed by atoms with van der Waals surface area (Å²) in [6.07, 6.45) is 0.